The Morgan fingerprint density at radius 2 is 2.12 bits per heavy atom. The highest BCUT2D eigenvalue weighted by molar-refractivity contribution is 7.22. The van der Waals surface area contributed by atoms with Gasteiger partial charge >= 0.3 is 0 Å². The molecule has 1 amide bonds. The van der Waals surface area contributed by atoms with Gasteiger partial charge in [-0.3, -0.25) is 9.69 Å². The molecule has 1 aliphatic heterocycles. The number of aryl methyl sites for hydroxylation is 2. The summed E-state index contributed by atoms with van der Waals surface area (Å²) in [5.41, 5.74) is 2.96. The summed E-state index contributed by atoms with van der Waals surface area (Å²) >= 11 is 1.54. The van der Waals surface area contributed by atoms with Crippen LogP contribution in [0.2, 0.25) is 0 Å². The molecule has 0 saturated heterocycles. The molecule has 0 N–H and O–H groups in total. The van der Waals surface area contributed by atoms with Gasteiger partial charge in [0.2, 0.25) is 6.79 Å². The highest BCUT2D eigenvalue weighted by Gasteiger charge is 2.18. The highest BCUT2D eigenvalue weighted by Crippen LogP contribution is 2.33. The largest absolute Gasteiger partial charge is 0.454 e. The quantitative estimate of drug-likeness (QED) is 0.386. The fourth-order valence-electron chi connectivity index (χ4n) is 3.54. The molecule has 7 nitrogen and oxygen atoms in total. The van der Waals surface area contributed by atoms with Gasteiger partial charge in [-0.2, -0.15) is 0 Å². The average Bonchev–Trinajstić information content (AvgIpc) is 3.55. The van der Waals surface area contributed by atoms with Gasteiger partial charge < -0.3 is 14.0 Å². The maximum absolute atomic E-state index is 13.2. The third-order valence-corrected chi connectivity index (χ3v) is 6.24. The zero-order valence-corrected chi connectivity index (χ0v) is 18.4. The molecule has 5 rings (SSSR count). The number of thiazole rings is 1. The van der Waals surface area contributed by atoms with Crippen LogP contribution in [-0.4, -0.2) is 33.8 Å². The molecule has 0 aliphatic carbocycles. The number of rotatable bonds is 7. The van der Waals surface area contributed by atoms with Gasteiger partial charge in [-0.1, -0.05) is 23.5 Å². The average molecular weight is 447 g/mol. The number of nitrogens with zero attached hydrogens (tertiary/aromatic N) is 4. The molecule has 0 radical (unpaired) electrons. The normalized spacial score (nSPS) is 12.7. The van der Waals surface area contributed by atoms with E-state index in [1.807, 2.05) is 41.1 Å². The predicted molar refractivity (Wildman–Crippen MR) is 125 cm³/mol. The summed E-state index contributed by atoms with van der Waals surface area (Å²) < 4.78 is 13.9. The van der Waals surface area contributed by atoms with E-state index in [1.54, 1.807) is 29.6 Å². The summed E-state index contributed by atoms with van der Waals surface area (Å²) in [6, 6.07) is 11.8. The molecule has 2 aromatic carbocycles. The SMILES string of the molecule is Cc1ccc2nc(N(CCCn3ccnc3)C(=O)/C=C/c3ccc4c(c3)OCO4)sc2c1. The molecule has 32 heavy (non-hydrogen) atoms. The monoisotopic (exact) mass is 446 g/mol. The number of carbonyl (C=O) groups is 1. The van der Waals surface area contributed by atoms with Crippen LogP contribution in [0.15, 0.2) is 61.2 Å². The van der Waals surface area contributed by atoms with Gasteiger partial charge in [0.1, 0.15) is 0 Å². The summed E-state index contributed by atoms with van der Waals surface area (Å²) in [4.78, 5) is 23.8. The van der Waals surface area contributed by atoms with E-state index in [2.05, 4.69) is 18.0 Å². The maximum Gasteiger partial charge on any atom is 0.252 e. The van der Waals surface area contributed by atoms with Crippen molar-refractivity contribution in [1.29, 1.82) is 0 Å². The van der Waals surface area contributed by atoms with Crippen LogP contribution in [0.3, 0.4) is 0 Å². The lowest BCUT2D eigenvalue weighted by atomic mass is 10.2. The molecule has 4 aromatic rings. The van der Waals surface area contributed by atoms with Gasteiger partial charge in [-0.05, 0) is 54.8 Å². The molecule has 2 aromatic heterocycles. The lowest BCUT2D eigenvalue weighted by Gasteiger charge is -2.18. The van der Waals surface area contributed by atoms with Gasteiger partial charge in [-0.25, -0.2) is 9.97 Å². The molecule has 0 atom stereocenters. The van der Waals surface area contributed by atoms with Crippen molar-refractivity contribution >= 4 is 38.7 Å². The molecule has 0 bridgehead atoms. The van der Waals surface area contributed by atoms with Crippen molar-refractivity contribution in [2.45, 2.75) is 19.9 Å². The molecular weight excluding hydrogens is 424 g/mol. The number of anilines is 1. The predicted octanol–water partition coefficient (Wildman–Crippen LogP) is 4.67. The van der Waals surface area contributed by atoms with Gasteiger partial charge in [0.25, 0.3) is 5.91 Å². The van der Waals surface area contributed by atoms with E-state index in [-0.39, 0.29) is 12.7 Å². The Hall–Kier alpha value is -3.65. The highest BCUT2D eigenvalue weighted by atomic mass is 32.1. The Labute approximate surface area is 189 Å². The van der Waals surface area contributed by atoms with Crippen LogP contribution in [0.5, 0.6) is 11.5 Å². The van der Waals surface area contributed by atoms with E-state index in [4.69, 9.17) is 14.5 Å². The van der Waals surface area contributed by atoms with Crippen molar-refractivity contribution in [2.24, 2.45) is 0 Å². The van der Waals surface area contributed by atoms with E-state index >= 15 is 0 Å². The minimum Gasteiger partial charge on any atom is -0.454 e. The van der Waals surface area contributed by atoms with E-state index in [0.717, 1.165) is 34.5 Å². The fraction of sp³-hybridized carbons (Fsp3) is 0.208. The zero-order valence-electron chi connectivity index (χ0n) is 17.6. The molecular formula is C24H22N4O3S. The molecule has 0 saturated carbocycles. The summed E-state index contributed by atoms with van der Waals surface area (Å²) in [7, 11) is 0. The first-order valence-corrected chi connectivity index (χ1v) is 11.2. The van der Waals surface area contributed by atoms with Crippen LogP contribution in [-0.2, 0) is 11.3 Å². The van der Waals surface area contributed by atoms with Gasteiger partial charge in [-0.15, -0.1) is 0 Å². The number of benzene rings is 2. The lowest BCUT2D eigenvalue weighted by molar-refractivity contribution is -0.114. The number of imidazole rings is 1. The lowest BCUT2D eigenvalue weighted by Crippen LogP contribution is -2.30. The van der Waals surface area contributed by atoms with Crippen LogP contribution in [0.1, 0.15) is 17.5 Å². The third kappa shape index (κ3) is 4.36. The van der Waals surface area contributed by atoms with Crippen molar-refractivity contribution in [1.82, 2.24) is 14.5 Å². The molecule has 1 aliphatic rings. The summed E-state index contributed by atoms with van der Waals surface area (Å²) in [6.45, 7) is 3.62. The van der Waals surface area contributed by atoms with E-state index in [1.165, 1.54) is 16.9 Å². The van der Waals surface area contributed by atoms with Gasteiger partial charge in [0, 0.05) is 31.6 Å². The maximum atomic E-state index is 13.2. The molecule has 162 valence electrons. The smallest absolute Gasteiger partial charge is 0.252 e. The minimum atomic E-state index is -0.107. The van der Waals surface area contributed by atoms with Crippen molar-refractivity contribution in [3.05, 3.63) is 72.3 Å². The summed E-state index contributed by atoms with van der Waals surface area (Å²) in [6.07, 6.45) is 9.64. The van der Waals surface area contributed by atoms with Crippen LogP contribution in [0.4, 0.5) is 5.13 Å². The Morgan fingerprint density at radius 3 is 3.00 bits per heavy atom. The number of hydrogen-bond acceptors (Lipinski definition) is 6. The first-order chi connectivity index (χ1) is 15.7. The standard InChI is InChI=1S/C24H22N4O3S/c1-17-3-6-19-22(13-17)32-24(26-19)28(11-2-10-27-12-9-25-15-27)23(29)8-5-18-4-7-20-21(14-18)31-16-30-20/h3-9,12-15H,2,10-11,16H2,1H3/b8-5+. The van der Waals surface area contributed by atoms with Crippen molar-refractivity contribution < 1.29 is 14.3 Å². The van der Waals surface area contributed by atoms with Gasteiger partial charge in [0.15, 0.2) is 16.6 Å². The zero-order chi connectivity index (χ0) is 21.9. The topological polar surface area (TPSA) is 69.5 Å². The number of ether oxygens (including phenoxy) is 2. The Bertz CT molecular complexity index is 1280. The third-order valence-electron chi connectivity index (χ3n) is 5.20. The molecule has 8 heteroatoms. The summed E-state index contributed by atoms with van der Waals surface area (Å²) in [5, 5.41) is 0.705. The first kappa shape index (κ1) is 20.3. The van der Waals surface area contributed by atoms with Crippen molar-refractivity contribution in [2.75, 3.05) is 18.2 Å². The number of hydrogen-bond donors (Lipinski definition) is 0. The molecule has 0 spiro atoms. The van der Waals surface area contributed by atoms with Crippen LogP contribution >= 0.6 is 11.3 Å². The van der Waals surface area contributed by atoms with Gasteiger partial charge in [0.05, 0.1) is 16.5 Å². The van der Waals surface area contributed by atoms with E-state index < -0.39 is 0 Å². The molecule has 0 fully saturated rings. The van der Waals surface area contributed by atoms with E-state index in [9.17, 15) is 4.79 Å². The Balaban J connectivity index is 1.37. The van der Waals surface area contributed by atoms with Crippen molar-refractivity contribution in [3.63, 3.8) is 0 Å². The second-order valence-electron chi connectivity index (χ2n) is 7.56. The first-order valence-electron chi connectivity index (χ1n) is 10.4. The number of amides is 1. The Morgan fingerprint density at radius 1 is 1.22 bits per heavy atom. The van der Waals surface area contributed by atoms with Crippen molar-refractivity contribution in [3.8, 4) is 11.5 Å². The Kier molecular flexibility index (Phi) is 5.60. The second kappa shape index (κ2) is 8.84. The number of carbonyl (C=O) groups excluding carboxylic acids is 1. The van der Waals surface area contributed by atoms with E-state index in [0.29, 0.717) is 17.4 Å². The minimum absolute atomic E-state index is 0.107. The molecule has 0 unspecified atom stereocenters. The fourth-order valence-corrected chi connectivity index (χ4v) is 4.64. The molecule has 3 heterocycles. The van der Waals surface area contributed by atoms with Crippen LogP contribution < -0.4 is 14.4 Å². The number of fused-ring (bicyclic) bond motifs is 2. The second-order valence-corrected chi connectivity index (χ2v) is 8.57. The van der Waals surface area contributed by atoms with Crippen LogP contribution in [0.25, 0.3) is 16.3 Å². The summed E-state index contributed by atoms with van der Waals surface area (Å²) in [5.74, 6) is 1.31. The van der Waals surface area contributed by atoms with Crippen LogP contribution in [0, 0.1) is 6.92 Å². The number of aromatic nitrogens is 3.